The third-order valence-corrected chi connectivity index (χ3v) is 5.33. The minimum absolute atomic E-state index is 0.0705. The van der Waals surface area contributed by atoms with Crippen LogP contribution < -0.4 is 9.47 Å². The number of phenolic OH excluding ortho intramolecular Hbond substituents is 1. The molecule has 0 spiro atoms. The molecule has 0 saturated carbocycles. The second-order valence-corrected chi connectivity index (χ2v) is 8.75. The molecule has 0 saturated heterocycles. The van der Waals surface area contributed by atoms with Crippen LogP contribution in [0.3, 0.4) is 0 Å². The Morgan fingerprint density at radius 1 is 1.11 bits per heavy atom. The molecule has 0 aliphatic heterocycles. The zero-order chi connectivity index (χ0) is 26.9. The lowest BCUT2D eigenvalue weighted by atomic mass is 10.0. The molecule has 3 rings (SSSR count). The van der Waals surface area contributed by atoms with Gasteiger partial charge in [-0.05, 0) is 35.9 Å². The number of hydrogen-bond donors (Lipinski definition) is 2. The van der Waals surface area contributed by atoms with E-state index >= 15 is 0 Å². The number of aliphatic imine (C=N–C) groups is 1. The van der Waals surface area contributed by atoms with Gasteiger partial charge in [-0.1, -0.05) is 37.6 Å². The number of rotatable bonds is 10. The Labute approximate surface area is 218 Å². The summed E-state index contributed by atoms with van der Waals surface area (Å²) in [6.07, 6.45) is 4.24. The van der Waals surface area contributed by atoms with Crippen molar-refractivity contribution in [3.63, 3.8) is 0 Å². The van der Waals surface area contributed by atoms with Crippen LogP contribution in [0.1, 0.15) is 35.3 Å². The van der Waals surface area contributed by atoms with Crippen molar-refractivity contribution in [3.8, 4) is 17.2 Å². The number of aliphatic hydroxyl groups excluding tert-OH is 1. The molecule has 1 atom stereocenters. The van der Waals surface area contributed by atoms with E-state index in [0.717, 1.165) is 0 Å². The molecule has 0 radical (unpaired) electrons. The van der Waals surface area contributed by atoms with Crippen LogP contribution in [-0.2, 0) is 16.0 Å². The van der Waals surface area contributed by atoms with Crippen molar-refractivity contribution < 1.29 is 34.1 Å². The van der Waals surface area contributed by atoms with Crippen molar-refractivity contribution in [2.24, 2.45) is 10.9 Å². The Balaban J connectivity index is 2.00. The Morgan fingerprint density at radius 2 is 1.84 bits per heavy atom. The largest absolute Gasteiger partial charge is 0.508 e. The van der Waals surface area contributed by atoms with E-state index in [-0.39, 0.29) is 39.8 Å². The van der Waals surface area contributed by atoms with Crippen LogP contribution in [0, 0.1) is 5.92 Å². The van der Waals surface area contributed by atoms with Gasteiger partial charge in [0, 0.05) is 41.7 Å². The average Bonchev–Trinajstić information content (AvgIpc) is 2.89. The van der Waals surface area contributed by atoms with E-state index in [1.807, 2.05) is 0 Å². The number of aromatic hydroxyl groups is 1. The number of Topliss-reactive ketones (excluding diaryl/α,β-unsaturated/α-hetero) is 1. The number of benzene rings is 2. The number of pyridine rings is 1. The van der Waals surface area contributed by atoms with Crippen molar-refractivity contribution in [2.75, 3.05) is 6.61 Å². The van der Waals surface area contributed by atoms with Crippen molar-refractivity contribution in [2.45, 2.75) is 26.3 Å². The molecule has 0 aliphatic rings. The normalized spacial score (nSPS) is 11.9. The fourth-order valence-corrected chi connectivity index (χ4v) is 3.33. The van der Waals surface area contributed by atoms with Gasteiger partial charge >= 0.3 is 11.9 Å². The quantitative estimate of drug-likeness (QED) is 0.232. The monoisotopic (exact) mass is 524 g/mol. The molecule has 0 aliphatic carbocycles. The number of carbonyl (C=O) groups excluding carboxylic acids is 3. The van der Waals surface area contributed by atoms with E-state index in [2.05, 4.69) is 9.98 Å². The molecule has 192 valence electrons. The molecular formula is C27H25ClN2O7. The number of phenols is 1. The van der Waals surface area contributed by atoms with Crippen LogP contribution >= 0.6 is 11.6 Å². The van der Waals surface area contributed by atoms with E-state index in [9.17, 15) is 24.6 Å². The van der Waals surface area contributed by atoms with Crippen LogP contribution in [0.25, 0.3) is 0 Å². The second kappa shape index (κ2) is 12.8. The lowest BCUT2D eigenvalue weighted by molar-refractivity contribution is -0.137. The fraction of sp³-hybridized carbons (Fsp3) is 0.222. The predicted molar refractivity (Wildman–Crippen MR) is 136 cm³/mol. The summed E-state index contributed by atoms with van der Waals surface area (Å²) in [5.74, 6) is -2.55. The number of esters is 2. The summed E-state index contributed by atoms with van der Waals surface area (Å²) in [4.78, 5) is 45.7. The Hall–Kier alpha value is -4.08. The summed E-state index contributed by atoms with van der Waals surface area (Å²) in [5.41, 5.74) is 1.05. The van der Waals surface area contributed by atoms with Crippen LogP contribution in [-0.4, -0.2) is 51.8 Å². The number of carbonyl (C=O) groups is 3. The number of aromatic nitrogens is 1. The second-order valence-electron chi connectivity index (χ2n) is 8.32. The van der Waals surface area contributed by atoms with Gasteiger partial charge in [0.2, 0.25) is 0 Å². The number of nitrogens with zero attached hydrogens (tertiary/aromatic N) is 2. The zero-order valence-corrected chi connectivity index (χ0v) is 20.9. The first kappa shape index (κ1) is 27.5. The molecule has 0 fully saturated rings. The molecule has 3 aromatic rings. The summed E-state index contributed by atoms with van der Waals surface area (Å²) in [6, 6.07) is 11.1. The Bertz CT molecular complexity index is 1290. The summed E-state index contributed by atoms with van der Waals surface area (Å²) in [5, 5.41) is 19.1. The third kappa shape index (κ3) is 7.70. The number of ketones is 1. The molecule has 1 unspecified atom stereocenters. The van der Waals surface area contributed by atoms with Crippen LogP contribution in [0.5, 0.6) is 17.2 Å². The summed E-state index contributed by atoms with van der Waals surface area (Å²) in [6.45, 7) is 2.54. The highest BCUT2D eigenvalue weighted by Crippen LogP contribution is 2.35. The minimum Gasteiger partial charge on any atom is -0.508 e. The predicted octanol–water partition coefficient (Wildman–Crippen LogP) is 3.81. The van der Waals surface area contributed by atoms with Crippen molar-refractivity contribution >= 4 is 35.5 Å². The molecular weight excluding hydrogens is 500 g/mol. The van der Waals surface area contributed by atoms with Gasteiger partial charge in [0.25, 0.3) is 0 Å². The van der Waals surface area contributed by atoms with E-state index < -0.39 is 36.3 Å². The molecule has 0 bridgehead atoms. The highest BCUT2D eigenvalue weighted by molar-refractivity contribution is 6.31. The van der Waals surface area contributed by atoms with Gasteiger partial charge in [-0.2, -0.15) is 0 Å². The van der Waals surface area contributed by atoms with Gasteiger partial charge in [0.05, 0.1) is 11.5 Å². The summed E-state index contributed by atoms with van der Waals surface area (Å²) < 4.78 is 11.0. The molecule has 37 heavy (non-hydrogen) atoms. The minimum atomic E-state index is -0.983. The maximum Gasteiger partial charge on any atom is 0.345 e. The number of hydrogen-bond acceptors (Lipinski definition) is 9. The first-order chi connectivity index (χ1) is 17.7. The average molecular weight is 525 g/mol. The zero-order valence-electron chi connectivity index (χ0n) is 20.1. The molecule has 2 N–H and O–H groups in total. The van der Waals surface area contributed by atoms with Crippen LogP contribution in [0.4, 0.5) is 0 Å². The summed E-state index contributed by atoms with van der Waals surface area (Å²) in [7, 11) is 0. The standard InChI is InChI=1S/C27H25ClN2O7/c1-16(2)26(34)37-25-19(11-20(28)12-24(25)36-27(35)18-4-3-9-29-13-18)14-30-22(23(33)15-31)10-17-5-7-21(32)8-6-17/h3-9,11-14,16,22,31-32H,10,15H2,1-2H3. The highest BCUT2D eigenvalue weighted by atomic mass is 35.5. The topological polar surface area (TPSA) is 135 Å². The van der Waals surface area contributed by atoms with Crippen molar-refractivity contribution in [1.82, 2.24) is 4.98 Å². The SMILES string of the molecule is CC(C)C(=O)Oc1c(C=NC(Cc2ccc(O)cc2)C(=O)CO)cc(Cl)cc1OC(=O)c1cccnc1. The first-order valence-electron chi connectivity index (χ1n) is 11.3. The Kier molecular flexibility index (Phi) is 9.48. The van der Waals surface area contributed by atoms with Gasteiger partial charge < -0.3 is 19.7 Å². The fourth-order valence-electron chi connectivity index (χ4n) is 3.11. The first-order valence-corrected chi connectivity index (χ1v) is 11.7. The highest BCUT2D eigenvalue weighted by Gasteiger charge is 2.22. The van der Waals surface area contributed by atoms with Crippen molar-refractivity contribution in [1.29, 1.82) is 0 Å². The van der Waals surface area contributed by atoms with E-state index in [1.54, 1.807) is 32.0 Å². The lowest BCUT2D eigenvalue weighted by Gasteiger charge is -2.15. The van der Waals surface area contributed by atoms with E-state index in [4.69, 9.17) is 21.1 Å². The van der Waals surface area contributed by atoms with Crippen LogP contribution in [0.15, 0.2) is 65.9 Å². The molecule has 2 aromatic carbocycles. The van der Waals surface area contributed by atoms with Crippen molar-refractivity contribution in [3.05, 3.63) is 82.6 Å². The third-order valence-electron chi connectivity index (χ3n) is 5.11. The van der Waals surface area contributed by atoms with Gasteiger partial charge in [-0.25, -0.2) is 4.79 Å². The molecule has 0 amide bonds. The van der Waals surface area contributed by atoms with Gasteiger partial charge in [0.15, 0.2) is 17.3 Å². The van der Waals surface area contributed by atoms with Crippen LogP contribution in [0.2, 0.25) is 5.02 Å². The maximum absolute atomic E-state index is 12.7. The Morgan fingerprint density at radius 3 is 2.46 bits per heavy atom. The summed E-state index contributed by atoms with van der Waals surface area (Å²) >= 11 is 6.26. The molecule has 9 nitrogen and oxygen atoms in total. The van der Waals surface area contributed by atoms with Gasteiger partial charge in [0.1, 0.15) is 18.4 Å². The van der Waals surface area contributed by atoms with E-state index in [0.29, 0.717) is 5.56 Å². The molecule has 1 heterocycles. The smallest absolute Gasteiger partial charge is 0.345 e. The van der Waals surface area contributed by atoms with E-state index in [1.165, 1.54) is 48.9 Å². The number of halogens is 1. The number of aliphatic hydroxyl groups is 1. The molecule has 10 heteroatoms. The molecule has 1 aromatic heterocycles. The number of ether oxygens (including phenoxy) is 2. The lowest BCUT2D eigenvalue weighted by Crippen LogP contribution is -2.24. The van der Waals surface area contributed by atoms with Gasteiger partial charge in [-0.3, -0.25) is 19.6 Å². The van der Waals surface area contributed by atoms with Gasteiger partial charge in [-0.15, -0.1) is 0 Å². The maximum atomic E-state index is 12.7.